The van der Waals surface area contributed by atoms with Crippen LogP contribution in [0.1, 0.15) is 5.56 Å². The summed E-state index contributed by atoms with van der Waals surface area (Å²) in [6.45, 7) is 0. The van der Waals surface area contributed by atoms with Crippen LogP contribution in [0.5, 0.6) is 0 Å². The molecule has 0 unspecified atom stereocenters. The van der Waals surface area contributed by atoms with Crippen LogP contribution >= 0.6 is 0 Å². The van der Waals surface area contributed by atoms with Crippen molar-refractivity contribution >= 4 is 29.1 Å². The molecule has 0 saturated heterocycles. The van der Waals surface area contributed by atoms with E-state index in [2.05, 4.69) is 5.10 Å². The van der Waals surface area contributed by atoms with E-state index in [0.717, 1.165) is 12.1 Å². The van der Waals surface area contributed by atoms with Gasteiger partial charge in [0.2, 0.25) is 0 Å². The Morgan fingerprint density at radius 3 is 2.38 bits per heavy atom. The number of halogens is 3. The number of hydrogen-bond donors (Lipinski definition) is 0. The summed E-state index contributed by atoms with van der Waals surface area (Å²) in [5.41, 5.74) is -2.05. The average molecular weight is 361 g/mol. The number of amides is 1. The molecule has 0 N–H and O–H groups in total. The number of alkyl halides is 3. The molecule has 1 heterocycles. The molecule has 3 rings (SSSR count). The summed E-state index contributed by atoms with van der Waals surface area (Å²) in [6.07, 6.45) is -3.91. The van der Waals surface area contributed by atoms with Crippen LogP contribution in [0.25, 0.3) is 6.08 Å². The van der Waals surface area contributed by atoms with Gasteiger partial charge in [0.15, 0.2) is 5.71 Å². The second-order valence-corrected chi connectivity index (χ2v) is 5.31. The molecule has 0 saturated carbocycles. The first kappa shape index (κ1) is 17.3. The summed E-state index contributed by atoms with van der Waals surface area (Å²) in [6, 6.07) is 12.7. The van der Waals surface area contributed by atoms with E-state index in [9.17, 15) is 28.1 Å². The molecule has 132 valence electrons. The SMILES string of the molecule is O=C1/C(=C\c2cccc([N+](=O)[O-])c2)C(C(F)(F)F)=NN1c1ccccc1. The summed E-state index contributed by atoms with van der Waals surface area (Å²) in [7, 11) is 0. The predicted octanol–water partition coefficient (Wildman–Crippen LogP) is 3.94. The monoisotopic (exact) mass is 361 g/mol. The molecule has 26 heavy (non-hydrogen) atoms. The van der Waals surface area contributed by atoms with E-state index < -0.39 is 28.3 Å². The van der Waals surface area contributed by atoms with Gasteiger partial charge in [0.25, 0.3) is 11.6 Å². The quantitative estimate of drug-likeness (QED) is 0.472. The number of hydrogen-bond acceptors (Lipinski definition) is 4. The first-order valence-electron chi connectivity index (χ1n) is 7.29. The molecule has 2 aromatic rings. The van der Waals surface area contributed by atoms with Crippen LogP contribution in [0.15, 0.2) is 65.3 Å². The van der Waals surface area contributed by atoms with Crippen LogP contribution in [-0.4, -0.2) is 22.7 Å². The van der Waals surface area contributed by atoms with Crippen molar-refractivity contribution in [2.45, 2.75) is 6.18 Å². The van der Waals surface area contributed by atoms with Crippen molar-refractivity contribution in [2.75, 3.05) is 5.01 Å². The Kier molecular flexibility index (Phi) is 4.29. The summed E-state index contributed by atoms with van der Waals surface area (Å²) >= 11 is 0. The Bertz CT molecular complexity index is 937. The zero-order valence-corrected chi connectivity index (χ0v) is 13.0. The topological polar surface area (TPSA) is 75.8 Å². The van der Waals surface area contributed by atoms with E-state index in [-0.39, 0.29) is 16.9 Å². The van der Waals surface area contributed by atoms with Gasteiger partial charge in [-0.15, -0.1) is 0 Å². The molecular weight excluding hydrogens is 351 g/mol. The fourth-order valence-electron chi connectivity index (χ4n) is 2.39. The number of carbonyl (C=O) groups excluding carboxylic acids is 1. The molecule has 0 bridgehead atoms. The van der Waals surface area contributed by atoms with Crippen LogP contribution in [0.2, 0.25) is 0 Å². The van der Waals surface area contributed by atoms with E-state index >= 15 is 0 Å². The predicted molar refractivity (Wildman–Crippen MR) is 88.5 cm³/mol. The molecule has 0 spiro atoms. The fraction of sp³-hybridized carbons (Fsp3) is 0.0588. The number of hydrazone groups is 1. The molecule has 0 radical (unpaired) electrons. The molecule has 0 atom stereocenters. The number of non-ortho nitro benzene ring substituents is 1. The number of para-hydroxylation sites is 1. The highest BCUT2D eigenvalue weighted by atomic mass is 19.4. The number of carbonyl (C=O) groups is 1. The Morgan fingerprint density at radius 2 is 1.77 bits per heavy atom. The largest absolute Gasteiger partial charge is 0.435 e. The van der Waals surface area contributed by atoms with Gasteiger partial charge in [0.05, 0.1) is 16.2 Å². The van der Waals surface area contributed by atoms with E-state index in [1.165, 1.54) is 30.3 Å². The Labute approximate surface area is 145 Å². The molecule has 1 aliphatic heterocycles. The second-order valence-electron chi connectivity index (χ2n) is 5.31. The van der Waals surface area contributed by atoms with E-state index in [1.54, 1.807) is 18.2 Å². The fourth-order valence-corrected chi connectivity index (χ4v) is 2.39. The molecule has 0 fully saturated rings. The Balaban J connectivity index is 2.08. The summed E-state index contributed by atoms with van der Waals surface area (Å²) in [4.78, 5) is 22.6. The summed E-state index contributed by atoms with van der Waals surface area (Å²) < 4.78 is 40.0. The van der Waals surface area contributed by atoms with Gasteiger partial charge in [-0.3, -0.25) is 14.9 Å². The lowest BCUT2D eigenvalue weighted by atomic mass is 10.1. The minimum absolute atomic E-state index is 0.0920. The molecule has 9 heteroatoms. The third kappa shape index (κ3) is 3.32. The van der Waals surface area contributed by atoms with Gasteiger partial charge in [-0.25, -0.2) is 0 Å². The van der Waals surface area contributed by atoms with E-state index in [0.29, 0.717) is 5.01 Å². The second kappa shape index (κ2) is 6.43. The minimum atomic E-state index is -4.86. The third-order valence-electron chi connectivity index (χ3n) is 3.54. The number of nitrogens with zero attached hydrogens (tertiary/aromatic N) is 3. The van der Waals surface area contributed by atoms with Crippen molar-refractivity contribution in [1.29, 1.82) is 0 Å². The normalized spacial score (nSPS) is 16.1. The van der Waals surface area contributed by atoms with Crippen molar-refractivity contribution in [2.24, 2.45) is 5.10 Å². The number of anilines is 1. The molecule has 6 nitrogen and oxygen atoms in total. The van der Waals surface area contributed by atoms with Crippen LogP contribution in [0, 0.1) is 10.1 Å². The van der Waals surface area contributed by atoms with Crippen molar-refractivity contribution in [3.63, 3.8) is 0 Å². The van der Waals surface area contributed by atoms with E-state index in [1.807, 2.05) is 0 Å². The molecule has 1 amide bonds. The van der Waals surface area contributed by atoms with Crippen molar-refractivity contribution < 1.29 is 22.9 Å². The zero-order chi connectivity index (χ0) is 18.9. The van der Waals surface area contributed by atoms with Crippen LogP contribution in [0.4, 0.5) is 24.5 Å². The van der Waals surface area contributed by atoms with Gasteiger partial charge in [-0.2, -0.15) is 23.3 Å². The zero-order valence-electron chi connectivity index (χ0n) is 13.0. The maximum atomic E-state index is 13.3. The van der Waals surface area contributed by atoms with E-state index in [4.69, 9.17) is 0 Å². The summed E-state index contributed by atoms with van der Waals surface area (Å²) in [5, 5.41) is 14.9. The third-order valence-corrected chi connectivity index (χ3v) is 3.54. The lowest BCUT2D eigenvalue weighted by molar-refractivity contribution is -0.384. The van der Waals surface area contributed by atoms with Gasteiger partial charge in [0.1, 0.15) is 0 Å². The highest BCUT2D eigenvalue weighted by Gasteiger charge is 2.46. The number of benzene rings is 2. The highest BCUT2D eigenvalue weighted by Crippen LogP contribution is 2.32. The average Bonchev–Trinajstić information content (AvgIpc) is 2.93. The van der Waals surface area contributed by atoms with Crippen molar-refractivity contribution in [1.82, 2.24) is 0 Å². The maximum absolute atomic E-state index is 13.3. The van der Waals surface area contributed by atoms with Crippen molar-refractivity contribution in [3.05, 3.63) is 75.8 Å². The van der Waals surface area contributed by atoms with Gasteiger partial charge in [-0.05, 0) is 23.8 Å². The molecular formula is C17H10F3N3O3. The van der Waals surface area contributed by atoms with Gasteiger partial charge in [-0.1, -0.05) is 30.3 Å². The molecule has 0 aliphatic carbocycles. The molecule has 0 aromatic heterocycles. The lowest BCUT2D eigenvalue weighted by Gasteiger charge is -2.10. The van der Waals surface area contributed by atoms with Gasteiger partial charge < -0.3 is 0 Å². The van der Waals surface area contributed by atoms with Gasteiger partial charge in [0, 0.05) is 12.1 Å². The molecule has 1 aliphatic rings. The highest BCUT2D eigenvalue weighted by molar-refractivity contribution is 6.34. The first-order chi connectivity index (χ1) is 12.3. The Hall–Kier alpha value is -3.49. The maximum Gasteiger partial charge on any atom is 0.435 e. The van der Waals surface area contributed by atoms with Gasteiger partial charge >= 0.3 is 6.18 Å². The minimum Gasteiger partial charge on any atom is -0.267 e. The molecule has 2 aromatic carbocycles. The first-order valence-corrected chi connectivity index (χ1v) is 7.29. The Morgan fingerprint density at radius 1 is 1.08 bits per heavy atom. The van der Waals surface area contributed by atoms with Crippen molar-refractivity contribution in [3.8, 4) is 0 Å². The number of rotatable bonds is 3. The standard InChI is InChI=1S/C17H10F3N3O3/c18-17(19,20)15-14(10-11-5-4-8-13(9-11)23(25)26)16(24)22(21-15)12-6-2-1-3-7-12/h1-10H/b14-10-. The lowest BCUT2D eigenvalue weighted by Crippen LogP contribution is -2.25. The van der Waals surface area contributed by atoms with Crippen LogP contribution in [0.3, 0.4) is 0 Å². The smallest absolute Gasteiger partial charge is 0.267 e. The van der Waals surface area contributed by atoms with Crippen LogP contribution in [-0.2, 0) is 4.79 Å². The van der Waals surface area contributed by atoms with Crippen LogP contribution < -0.4 is 5.01 Å². The number of nitro benzene ring substituents is 1. The summed E-state index contributed by atoms with van der Waals surface area (Å²) in [5.74, 6) is -0.963. The number of nitro groups is 1.